The third-order valence-electron chi connectivity index (χ3n) is 3.38. The molecule has 0 amide bonds. The number of halogens is 1. The van der Waals surface area contributed by atoms with Gasteiger partial charge in [-0.3, -0.25) is 0 Å². The van der Waals surface area contributed by atoms with E-state index in [9.17, 15) is 0 Å². The number of hydrogen-bond acceptors (Lipinski definition) is 1. The first-order chi connectivity index (χ1) is 7.54. The molecule has 0 spiro atoms. The van der Waals surface area contributed by atoms with Crippen molar-refractivity contribution < 1.29 is 0 Å². The molecule has 90 valence electrons. The van der Waals surface area contributed by atoms with Gasteiger partial charge in [-0.15, -0.1) is 0 Å². The molecule has 0 heterocycles. The Morgan fingerprint density at radius 2 is 1.69 bits per heavy atom. The smallest absolute Gasteiger partial charge is 0.0294 e. The molecule has 0 radical (unpaired) electrons. The molecule has 0 aliphatic carbocycles. The molecular formula is C14H22IN. The lowest BCUT2D eigenvalue weighted by molar-refractivity contribution is 0.360. The van der Waals surface area contributed by atoms with Crippen LogP contribution in [0.5, 0.6) is 0 Å². The zero-order chi connectivity index (χ0) is 12.1. The van der Waals surface area contributed by atoms with E-state index < -0.39 is 0 Å². The minimum atomic E-state index is 0.431. The zero-order valence-corrected chi connectivity index (χ0v) is 12.8. The average Bonchev–Trinajstić information content (AvgIpc) is 2.28. The van der Waals surface area contributed by atoms with Gasteiger partial charge in [0.15, 0.2) is 0 Å². The lowest BCUT2D eigenvalue weighted by Gasteiger charge is -2.24. The monoisotopic (exact) mass is 331 g/mol. The molecule has 1 nitrogen and oxygen atoms in total. The van der Waals surface area contributed by atoms with Crippen molar-refractivity contribution >= 4 is 22.6 Å². The van der Waals surface area contributed by atoms with Gasteiger partial charge in [0.2, 0.25) is 0 Å². The van der Waals surface area contributed by atoms with Crippen LogP contribution in [0.4, 0.5) is 0 Å². The van der Waals surface area contributed by atoms with Crippen molar-refractivity contribution in [1.82, 2.24) is 5.32 Å². The highest BCUT2D eigenvalue weighted by Crippen LogP contribution is 2.17. The predicted octanol–water partition coefficient (Wildman–Crippen LogP) is 4.38. The summed E-state index contributed by atoms with van der Waals surface area (Å²) in [5.74, 6) is 0.728. The van der Waals surface area contributed by atoms with Gasteiger partial charge in [0.25, 0.3) is 0 Å². The van der Waals surface area contributed by atoms with Crippen LogP contribution in [0.1, 0.15) is 45.7 Å². The first-order valence-corrected chi connectivity index (χ1v) is 7.14. The molecule has 0 aromatic heterocycles. The highest BCUT2D eigenvalue weighted by molar-refractivity contribution is 14.1. The Kier molecular flexibility index (Phi) is 5.76. The normalized spacial score (nSPS) is 16.8. The van der Waals surface area contributed by atoms with Crippen LogP contribution in [0.25, 0.3) is 0 Å². The van der Waals surface area contributed by atoms with Crippen LogP contribution in [0.15, 0.2) is 24.3 Å². The second-order valence-corrected chi connectivity index (χ2v) is 5.86. The number of nitrogens with one attached hydrogen (secondary N) is 1. The van der Waals surface area contributed by atoms with Crippen LogP contribution in [0, 0.1) is 9.49 Å². The van der Waals surface area contributed by atoms with E-state index in [1.165, 1.54) is 15.6 Å². The van der Waals surface area contributed by atoms with Crippen LogP contribution in [0.3, 0.4) is 0 Å². The van der Waals surface area contributed by atoms with E-state index in [-0.39, 0.29) is 0 Å². The van der Waals surface area contributed by atoms with Crippen molar-refractivity contribution in [3.63, 3.8) is 0 Å². The Hall–Kier alpha value is -0.0900. The SMILES string of the molecule is CCC(C)C(C)NC(C)c1ccc(I)cc1. The lowest BCUT2D eigenvalue weighted by atomic mass is 9.99. The van der Waals surface area contributed by atoms with E-state index >= 15 is 0 Å². The molecule has 0 aliphatic heterocycles. The summed E-state index contributed by atoms with van der Waals surface area (Å²) >= 11 is 2.34. The molecule has 1 aromatic carbocycles. The van der Waals surface area contributed by atoms with Gasteiger partial charge in [-0.2, -0.15) is 0 Å². The van der Waals surface area contributed by atoms with Gasteiger partial charge in [0.1, 0.15) is 0 Å². The van der Waals surface area contributed by atoms with E-state index in [0.717, 1.165) is 5.92 Å². The summed E-state index contributed by atoms with van der Waals surface area (Å²) in [5.41, 5.74) is 1.37. The van der Waals surface area contributed by atoms with Gasteiger partial charge in [-0.25, -0.2) is 0 Å². The van der Waals surface area contributed by atoms with Crippen LogP contribution in [-0.4, -0.2) is 6.04 Å². The summed E-state index contributed by atoms with van der Waals surface area (Å²) in [6.07, 6.45) is 1.23. The molecule has 2 heteroatoms. The van der Waals surface area contributed by atoms with Gasteiger partial charge in [0.05, 0.1) is 0 Å². The second kappa shape index (κ2) is 6.60. The third kappa shape index (κ3) is 4.06. The second-order valence-electron chi connectivity index (χ2n) is 4.61. The Morgan fingerprint density at radius 1 is 1.12 bits per heavy atom. The zero-order valence-electron chi connectivity index (χ0n) is 10.6. The van der Waals surface area contributed by atoms with E-state index in [4.69, 9.17) is 0 Å². The fourth-order valence-corrected chi connectivity index (χ4v) is 2.12. The third-order valence-corrected chi connectivity index (χ3v) is 4.10. The maximum absolute atomic E-state index is 3.66. The largest absolute Gasteiger partial charge is 0.307 e. The Morgan fingerprint density at radius 3 is 2.19 bits per heavy atom. The summed E-state index contributed by atoms with van der Waals surface area (Å²) in [6, 6.07) is 9.76. The minimum Gasteiger partial charge on any atom is -0.307 e. The molecule has 0 saturated carbocycles. The Bertz CT molecular complexity index is 307. The quantitative estimate of drug-likeness (QED) is 0.790. The van der Waals surface area contributed by atoms with Crippen molar-refractivity contribution in [2.45, 2.75) is 46.2 Å². The lowest BCUT2D eigenvalue weighted by Crippen LogP contribution is -2.33. The topological polar surface area (TPSA) is 12.0 Å². The molecule has 0 bridgehead atoms. The van der Waals surface area contributed by atoms with Gasteiger partial charge in [-0.1, -0.05) is 32.4 Å². The molecular weight excluding hydrogens is 309 g/mol. The van der Waals surface area contributed by atoms with E-state index in [2.05, 4.69) is 79.9 Å². The first-order valence-electron chi connectivity index (χ1n) is 6.06. The van der Waals surface area contributed by atoms with Crippen LogP contribution in [0.2, 0.25) is 0 Å². The fourth-order valence-electron chi connectivity index (χ4n) is 1.76. The fraction of sp³-hybridized carbons (Fsp3) is 0.571. The number of hydrogen-bond donors (Lipinski definition) is 1. The molecule has 16 heavy (non-hydrogen) atoms. The maximum Gasteiger partial charge on any atom is 0.0294 e. The van der Waals surface area contributed by atoms with E-state index in [1.54, 1.807) is 0 Å². The van der Waals surface area contributed by atoms with E-state index in [1.807, 2.05) is 0 Å². The summed E-state index contributed by atoms with van der Waals surface area (Å²) in [7, 11) is 0. The summed E-state index contributed by atoms with van der Waals surface area (Å²) < 4.78 is 1.29. The average molecular weight is 331 g/mol. The summed E-state index contributed by atoms with van der Waals surface area (Å²) in [5, 5.41) is 3.66. The molecule has 0 aliphatic rings. The molecule has 1 rings (SSSR count). The number of benzene rings is 1. The molecule has 3 atom stereocenters. The van der Waals surface area contributed by atoms with Gasteiger partial charge >= 0.3 is 0 Å². The van der Waals surface area contributed by atoms with Crippen molar-refractivity contribution in [2.75, 3.05) is 0 Å². The Labute approximate surface area is 113 Å². The van der Waals surface area contributed by atoms with Crippen LogP contribution < -0.4 is 5.32 Å². The Balaban J connectivity index is 2.58. The summed E-state index contributed by atoms with van der Waals surface area (Å²) in [6.45, 7) is 9.06. The van der Waals surface area contributed by atoms with Crippen molar-refractivity contribution in [3.05, 3.63) is 33.4 Å². The van der Waals surface area contributed by atoms with Crippen LogP contribution >= 0.6 is 22.6 Å². The van der Waals surface area contributed by atoms with E-state index in [0.29, 0.717) is 12.1 Å². The highest BCUT2D eigenvalue weighted by Gasteiger charge is 2.13. The van der Waals surface area contributed by atoms with Crippen LogP contribution in [-0.2, 0) is 0 Å². The standard InChI is InChI=1S/C14H22IN/c1-5-10(2)11(3)16-12(4)13-6-8-14(15)9-7-13/h6-12,16H,5H2,1-4H3. The van der Waals surface area contributed by atoms with Gasteiger partial charge < -0.3 is 5.32 Å². The van der Waals surface area contributed by atoms with Crippen molar-refractivity contribution in [2.24, 2.45) is 5.92 Å². The highest BCUT2D eigenvalue weighted by atomic mass is 127. The molecule has 0 saturated heterocycles. The van der Waals surface area contributed by atoms with Crippen molar-refractivity contribution in [1.29, 1.82) is 0 Å². The number of rotatable bonds is 5. The minimum absolute atomic E-state index is 0.431. The summed E-state index contributed by atoms with van der Waals surface area (Å²) in [4.78, 5) is 0. The van der Waals surface area contributed by atoms with Gasteiger partial charge in [-0.05, 0) is 60.1 Å². The predicted molar refractivity (Wildman–Crippen MR) is 79.6 cm³/mol. The maximum atomic E-state index is 3.66. The van der Waals surface area contributed by atoms with Crippen molar-refractivity contribution in [3.8, 4) is 0 Å². The molecule has 1 aromatic rings. The molecule has 3 unspecified atom stereocenters. The molecule has 0 fully saturated rings. The van der Waals surface area contributed by atoms with Gasteiger partial charge in [0, 0.05) is 15.7 Å². The molecule has 1 N–H and O–H groups in total. The first kappa shape index (κ1) is 14.0.